The van der Waals surface area contributed by atoms with Gasteiger partial charge in [0.25, 0.3) is 5.69 Å². The van der Waals surface area contributed by atoms with E-state index in [1.165, 1.54) is 80.9 Å². The number of methoxy groups -OCH3 is 2. The highest BCUT2D eigenvalue weighted by Gasteiger charge is 2.21. The monoisotopic (exact) mass is 741 g/mol. The summed E-state index contributed by atoms with van der Waals surface area (Å²) in [6.45, 7) is 0. The Morgan fingerprint density at radius 2 is 0.962 bits per heavy atom. The Morgan fingerprint density at radius 3 is 1.47 bits per heavy atom. The maximum Gasteiger partial charge on any atom is 0.339 e. The van der Waals surface area contributed by atoms with Crippen LogP contribution in [0.4, 0.5) is 54.2 Å². The van der Waals surface area contributed by atoms with Gasteiger partial charge in [-0.2, -0.15) is 8.42 Å². The lowest BCUT2D eigenvalue weighted by Crippen LogP contribution is -2.22. The van der Waals surface area contributed by atoms with E-state index in [-0.39, 0.29) is 39.1 Å². The maximum atomic E-state index is 13.5. The number of carbonyl (C=O) groups excluding carboxylic acids is 3. The summed E-state index contributed by atoms with van der Waals surface area (Å²) in [6.07, 6.45) is 0. The number of anilines is 6. The van der Waals surface area contributed by atoms with Crippen LogP contribution < -0.4 is 45.6 Å². The summed E-state index contributed by atoms with van der Waals surface area (Å²) in [5, 5.41) is 26.3. The molecule has 0 aromatic heterocycles. The van der Waals surface area contributed by atoms with E-state index in [4.69, 9.17) is 13.7 Å². The molecule has 0 heterocycles. The van der Waals surface area contributed by atoms with Crippen molar-refractivity contribution in [1.29, 1.82) is 0 Å². The molecule has 0 radical (unpaired) electrons. The Morgan fingerprint density at radius 1 is 0.547 bits per heavy atom. The van der Waals surface area contributed by atoms with Crippen molar-refractivity contribution in [3.8, 4) is 17.2 Å². The molecular weight excluding hydrogens is 710 g/mol. The topological polar surface area (TPSA) is 228 Å². The average molecular weight is 742 g/mol. The smallest absolute Gasteiger partial charge is 0.339 e. The number of nitro groups is 1. The van der Waals surface area contributed by atoms with Crippen molar-refractivity contribution in [1.82, 2.24) is 0 Å². The minimum atomic E-state index is -4.57. The van der Waals surface area contributed by atoms with Crippen molar-refractivity contribution in [2.75, 3.05) is 46.1 Å². The van der Waals surface area contributed by atoms with Gasteiger partial charge in [0.15, 0.2) is 5.75 Å². The third-order valence-electron chi connectivity index (χ3n) is 7.13. The van der Waals surface area contributed by atoms with Gasteiger partial charge in [-0.05, 0) is 72.8 Å². The Bertz CT molecular complexity index is 2250. The minimum absolute atomic E-state index is 0.0714. The van der Waals surface area contributed by atoms with Crippen LogP contribution in [0.2, 0.25) is 0 Å². The first-order valence-corrected chi connectivity index (χ1v) is 16.8. The summed E-state index contributed by atoms with van der Waals surface area (Å²) in [5.74, 6) is 0.439. The fourth-order valence-corrected chi connectivity index (χ4v) is 5.60. The lowest BCUT2D eigenvalue weighted by atomic mass is 10.2. The highest BCUT2D eigenvalue weighted by atomic mass is 32.2. The molecule has 5 aromatic carbocycles. The van der Waals surface area contributed by atoms with Crippen LogP contribution in [-0.4, -0.2) is 45.7 Å². The number of benzene rings is 5. The maximum absolute atomic E-state index is 13.5. The van der Waals surface area contributed by atoms with Gasteiger partial charge < -0.3 is 45.6 Å². The summed E-state index contributed by atoms with van der Waals surface area (Å²) in [7, 11) is -1.69. The van der Waals surface area contributed by atoms with Gasteiger partial charge >= 0.3 is 28.2 Å². The van der Waals surface area contributed by atoms with Gasteiger partial charge in [-0.15, -0.1) is 0 Å². The highest BCUT2D eigenvalue weighted by Crippen LogP contribution is 2.33. The SMILES string of the molecule is COc1ccccc1NC(=O)Nc1ccc(NC(=O)Nc2ccccc2OC)c(OS(=O)(=O)c2ccc(NC(=O)Nc3ccc([N+](=O)[O-])cc3)cc2)c1. The predicted octanol–water partition coefficient (Wildman–Crippen LogP) is 7.31. The van der Waals surface area contributed by atoms with E-state index in [0.717, 1.165) is 0 Å². The number of non-ortho nitro benzene ring substituents is 1. The van der Waals surface area contributed by atoms with Crippen molar-refractivity contribution in [2.45, 2.75) is 4.90 Å². The molecule has 0 saturated heterocycles. The third-order valence-corrected chi connectivity index (χ3v) is 8.38. The highest BCUT2D eigenvalue weighted by molar-refractivity contribution is 7.87. The molecule has 18 heteroatoms. The van der Waals surface area contributed by atoms with E-state index in [0.29, 0.717) is 22.9 Å². The summed E-state index contributed by atoms with van der Waals surface area (Å²) in [5.41, 5.74) is 1.10. The number of para-hydroxylation sites is 4. The lowest BCUT2D eigenvalue weighted by Gasteiger charge is -2.16. The molecule has 0 aliphatic carbocycles. The van der Waals surface area contributed by atoms with Crippen molar-refractivity contribution < 1.29 is 41.4 Å². The second kappa shape index (κ2) is 16.6. The number of urea groups is 3. The van der Waals surface area contributed by atoms with Crippen LogP contribution >= 0.6 is 0 Å². The van der Waals surface area contributed by atoms with Crippen molar-refractivity contribution in [3.05, 3.63) is 125 Å². The first-order chi connectivity index (χ1) is 25.4. The number of ether oxygens (including phenoxy) is 2. The van der Waals surface area contributed by atoms with Crippen molar-refractivity contribution >= 4 is 68.0 Å². The van der Waals surface area contributed by atoms with E-state index in [1.54, 1.807) is 48.5 Å². The molecule has 6 amide bonds. The second-order valence-corrected chi connectivity index (χ2v) is 12.3. The summed E-state index contributed by atoms with van der Waals surface area (Å²) in [6, 6.07) is 25.3. The van der Waals surface area contributed by atoms with Gasteiger partial charge in [-0.25, -0.2) is 14.4 Å². The molecule has 0 fully saturated rings. The molecule has 0 bridgehead atoms. The number of carbonyl (C=O) groups is 3. The minimum Gasteiger partial charge on any atom is -0.495 e. The molecule has 0 unspecified atom stereocenters. The summed E-state index contributed by atoms with van der Waals surface area (Å²) >= 11 is 0. The van der Waals surface area contributed by atoms with Gasteiger partial charge in [0.2, 0.25) is 0 Å². The first kappa shape index (κ1) is 36.9. The molecule has 0 spiro atoms. The largest absolute Gasteiger partial charge is 0.495 e. The number of amides is 6. The van der Waals surface area contributed by atoms with E-state index < -0.39 is 33.1 Å². The van der Waals surface area contributed by atoms with E-state index in [2.05, 4.69) is 31.9 Å². The van der Waals surface area contributed by atoms with Crippen molar-refractivity contribution in [3.63, 3.8) is 0 Å². The van der Waals surface area contributed by atoms with Crippen LogP contribution in [0, 0.1) is 10.1 Å². The molecule has 5 aromatic rings. The Labute approximate surface area is 302 Å². The zero-order valence-corrected chi connectivity index (χ0v) is 28.7. The van der Waals surface area contributed by atoms with Gasteiger partial charge in [-0.1, -0.05) is 24.3 Å². The van der Waals surface area contributed by atoms with Crippen LogP contribution in [-0.2, 0) is 10.1 Å². The molecular formula is C35H31N7O10S. The van der Waals surface area contributed by atoms with Gasteiger partial charge in [-0.3, -0.25) is 10.1 Å². The molecule has 5 rings (SSSR count). The number of nitrogens with one attached hydrogen (secondary N) is 6. The molecule has 272 valence electrons. The predicted molar refractivity (Wildman–Crippen MR) is 198 cm³/mol. The Balaban J connectivity index is 1.33. The summed E-state index contributed by atoms with van der Waals surface area (Å²) < 4.78 is 43.0. The molecule has 53 heavy (non-hydrogen) atoms. The van der Waals surface area contributed by atoms with Crippen LogP contribution in [0.5, 0.6) is 17.2 Å². The van der Waals surface area contributed by atoms with Crippen LogP contribution in [0.1, 0.15) is 0 Å². The molecule has 0 atom stereocenters. The number of hydrogen-bond acceptors (Lipinski definition) is 10. The fourth-order valence-electron chi connectivity index (χ4n) is 4.66. The molecule has 0 saturated carbocycles. The number of nitro benzene ring substituents is 1. The third kappa shape index (κ3) is 9.89. The normalized spacial score (nSPS) is 10.6. The van der Waals surface area contributed by atoms with Gasteiger partial charge in [0, 0.05) is 35.3 Å². The molecule has 0 aliphatic heterocycles. The van der Waals surface area contributed by atoms with E-state index in [9.17, 15) is 32.9 Å². The zero-order chi connectivity index (χ0) is 38.0. The second-order valence-electron chi connectivity index (χ2n) is 10.7. The average Bonchev–Trinajstić information content (AvgIpc) is 3.13. The van der Waals surface area contributed by atoms with E-state index >= 15 is 0 Å². The summed E-state index contributed by atoms with van der Waals surface area (Å²) in [4.78, 5) is 48.3. The quantitative estimate of drug-likeness (QED) is 0.0424. The van der Waals surface area contributed by atoms with Crippen LogP contribution in [0.25, 0.3) is 0 Å². The molecule has 0 aliphatic rings. The molecule has 17 nitrogen and oxygen atoms in total. The fraction of sp³-hybridized carbons (Fsp3) is 0.0571. The number of nitrogens with zero attached hydrogens (tertiary/aromatic N) is 1. The van der Waals surface area contributed by atoms with Crippen LogP contribution in [0.3, 0.4) is 0 Å². The number of hydrogen-bond donors (Lipinski definition) is 6. The lowest BCUT2D eigenvalue weighted by molar-refractivity contribution is -0.384. The standard InChI is InChI=1S/C35H31N7O10S/c1-50-30-9-5-3-7-27(30)39-34(44)38-24-15-20-29(41-35(45)40-28-8-4-6-10-31(28)51-2)32(21-24)52-53(48,49)26-18-13-23(14-19-26)37-33(43)36-22-11-16-25(17-12-22)42(46)47/h3-21H,1-2H3,(H2,36,37,43)(H2,38,39,44)(H2,40,41,45). The Kier molecular flexibility index (Phi) is 11.6. The van der Waals surface area contributed by atoms with Gasteiger partial charge in [0.05, 0.1) is 36.2 Å². The molecule has 6 N–H and O–H groups in total. The Hall–Kier alpha value is -7.34. The first-order valence-electron chi connectivity index (χ1n) is 15.4. The van der Waals surface area contributed by atoms with E-state index in [1.807, 2.05) is 0 Å². The van der Waals surface area contributed by atoms with Crippen molar-refractivity contribution in [2.24, 2.45) is 0 Å². The zero-order valence-electron chi connectivity index (χ0n) is 27.9. The van der Waals surface area contributed by atoms with Crippen LogP contribution in [0.15, 0.2) is 120 Å². The van der Waals surface area contributed by atoms with Gasteiger partial charge in [0.1, 0.15) is 16.4 Å². The number of rotatable bonds is 12.